The van der Waals surface area contributed by atoms with Crippen LogP contribution < -0.4 is 10.2 Å². The summed E-state index contributed by atoms with van der Waals surface area (Å²) in [5, 5.41) is 13.3. The molecule has 0 saturated carbocycles. The van der Waals surface area contributed by atoms with E-state index in [4.69, 9.17) is 9.47 Å². The van der Waals surface area contributed by atoms with Gasteiger partial charge in [0.05, 0.1) is 26.4 Å². The number of carbonyl (C=O) groups is 1. The summed E-state index contributed by atoms with van der Waals surface area (Å²) in [4.78, 5) is 11.3. The highest BCUT2D eigenvalue weighted by molar-refractivity contribution is 5.83. The van der Waals surface area contributed by atoms with Crippen LogP contribution in [0.25, 0.3) is 0 Å². The fraction of sp³-hybridized carbons (Fsp3) is 0.385. The number of phenols is 1. The Morgan fingerprint density at radius 2 is 2.32 bits per heavy atom. The average Bonchev–Trinajstić information content (AvgIpc) is 2.39. The number of aromatic hydroxyl groups is 1. The van der Waals surface area contributed by atoms with Crippen molar-refractivity contribution in [3.63, 3.8) is 0 Å². The number of benzene rings is 1. The molecule has 0 spiro atoms. The van der Waals surface area contributed by atoms with E-state index in [0.717, 1.165) is 0 Å². The zero-order valence-electron chi connectivity index (χ0n) is 11.0. The molecule has 1 aromatic carbocycles. The van der Waals surface area contributed by atoms with Crippen molar-refractivity contribution >= 4 is 12.1 Å². The lowest BCUT2D eigenvalue weighted by Crippen LogP contribution is -2.19. The zero-order chi connectivity index (χ0) is 14.1. The maximum absolute atomic E-state index is 11.3. The van der Waals surface area contributed by atoms with Crippen LogP contribution in [0.5, 0.6) is 11.5 Å². The van der Waals surface area contributed by atoms with Crippen LogP contribution in [0.4, 0.5) is 0 Å². The number of nitrogens with one attached hydrogen (secondary N) is 1. The topological polar surface area (TPSA) is 80.2 Å². The van der Waals surface area contributed by atoms with Gasteiger partial charge in [0, 0.05) is 6.61 Å². The van der Waals surface area contributed by atoms with Crippen molar-refractivity contribution in [2.75, 3.05) is 20.3 Å². The second-order valence-corrected chi connectivity index (χ2v) is 3.67. The Morgan fingerprint density at radius 3 is 2.95 bits per heavy atom. The van der Waals surface area contributed by atoms with E-state index >= 15 is 0 Å². The first kappa shape index (κ1) is 15.0. The summed E-state index contributed by atoms with van der Waals surface area (Å²) in [5.41, 5.74) is 3.03. The van der Waals surface area contributed by atoms with Gasteiger partial charge >= 0.3 is 0 Å². The maximum atomic E-state index is 11.3. The molecular weight excluding hydrogens is 248 g/mol. The van der Waals surface area contributed by atoms with Crippen LogP contribution in [0.15, 0.2) is 23.3 Å². The monoisotopic (exact) mass is 266 g/mol. The fourth-order valence-electron chi connectivity index (χ4n) is 1.33. The number of hydrogen-bond donors (Lipinski definition) is 2. The molecule has 2 N–H and O–H groups in total. The molecule has 6 heteroatoms. The van der Waals surface area contributed by atoms with E-state index in [1.165, 1.54) is 19.4 Å². The van der Waals surface area contributed by atoms with Crippen LogP contribution in [-0.4, -0.2) is 37.6 Å². The SMILES string of the molecule is CCOCCC(=O)N/N=C/c1ccc(OC)c(O)c1. The first-order valence-electron chi connectivity index (χ1n) is 5.94. The number of rotatable bonds is 7. The van der Waals surface area contributed by atoms with Gasteiger partial charge in [-0.2, -0.15) is 5.10 Å². The number of hydrogen-bond acceptors (Lipinski definition) is 5. The Hall–Kier alpha value is -2.08. The predicted molar refractivity (Wildman–Crippen MR) is 71.5 cm³/mol. The zero-order valence-corrected chi connectivity index (χ0v) is 11.0. The van der Waals surface area contributed by atoms with Crippen LogP contribution >= 0.6 is 0 Å². The normalized spacial score (nSPS) is 10.6. The van der Waals surface area contributed by atoms with Crippen molar-refractivity contribution < 1.29 is 19.4 Å². The quantitative estimate of drug-likeness (QED) is 0.442. The lowest BCUT2D eigenvalue weighted by Gasteiger charge is -2.03. The molecule has 1 rings (SSSR count). The van der Waals surface area contributed by atoms with Crippen LogP contribution in [0.1, 0.15) is 18.9 Å². The molecule has 1 amide bonds. The molecule has 1 aromatic rings. The molecule has 0 unspecified atom stereocenters. The van der Waals surface area contributed by atoms with Crippen LogP contribution in [0.2, 0.25) is 0 Å². The summed E-state index contributed by atoms with van der Waals surface area (Å²) in [6.07, 6.45) is 1.71. The molecule has 0 saturated heterocycles. The first-order valence-corrected chi connectivity index (χ1v) is 5.94. The number of amides is 1. The van der Waals surface area contributed by atoms with Crippen molar-refractivity contribution in [1.82, 2.24) is 5.43 Å². The second-order valence-electron chi connectivity index (χ2n) is 3.67. The number of hydrazone groups is 1. The van der Waals surface area contributed by atoms with Crippen LogP contribution in [-0.2, 0) is 9.53 Å². The van der Waals surface area contributed by atoms with Crippen molar-refractivity contribution in [2.45, 2.75) is 13.3 Å². The lowest BCUT2D eigenvalue weighted by molar-refractivity contribution is -0.122. The van der Waals surface area contributed by atoms with Crippen molar-refractivity contribution in [3.05, 3.63) is 23.8 Å². The Bertz CT molecular complexity index is 446. The summed E-state index contributed by atoms with van der Waals surface area (Å²) in [6.45, 7) is 2.83. The van der Waals surface area contributed by atoms with Crippen LogP contribution in [0.3, 0.4) is 0 Å². The molecule has 0 atom stereocenters. The summed E-state index contributed by atoms with van der Waals surface area (Å²) in [7, 11) is 1.47. The molecule has 6 nitrogen and oxygen atoms in total. The molecule has 0 fully saturated rings. The number of methoxy groups -OCH3 is 1. The Labute approximate surface area is 112 Å². The minimum absolute atomic E-state index is 0.0223. The van der Waals surface area contributed by atoms with E-state index in [1.54, 1.807) is 12.1 Å². The Balaban J connectivity index is 2.44. The van der Waals surface area contributed by atoms with Gasteiger partial charge in [-0.3, -0.25) is 4.79 Å². The van der Waals surface area contributed by atoms with E-state index in [9.17, 15) is 9.90 Å². The average molecular weight is 266 g/mol. The summed E-state index contributed by atoms with van der Waals surface area (Å²) in [6, 6.07) is 4.83. The summed E-state index contributed by atoms with van der Waals surface area (Å²) >= 11 is 0. The molecule has 0 aliphatic carbocycles. The maximum Gasteiger partial charge on any atom is 0.242 e. The Kier molecular flexibility index (Phi) is 6.38. The van der Waals surface area contributed by atoms with Gasteiger partial charge < -0.3 is 14.6 Å². The van der Waals surface area contributed by atoms with E-state index in [2.05, 4.69) is 10.5 Å². The summed E-state index contributed by atoms with van der Waals surface area (Å²) < 4.78 is 9.97. The molecule has 0 aliphatic rings. The number of phenolic OH excluding ortho intramolecular Hbond substituents is 1. The second kappa shape index (κ2) is 8.10. The molecule has 0 heterocycles. The van der Waals surface area contributed by atoms with E-state index in [-0.39, 0.29) is 18.1 Å². The summed E-state index contributed by atoms with van der Waals surface area (Å²) in [5.74, 6) is 0.189. The van der Waals surface area contributed by atoms with Gasteiger partial charge in [0.15, 0.2) is 11.5 Å². The van der Waals surface area contributed by atoms with Crippen molar-refractivity contribution in [3.8, 4) is 11.5 Å². The van der Waals surface area contributed by atoms with Gasteiger partial charge in [-0.05, 0) is 30.7 Å². The number of carbonyl (C=O) groups excluding carboxylic acids is 1. The third-order valence-corrected chi connectivity index (χ3v) is 2.28. The molecule has 0 aliphatic heterocycles. The van der Waals surface area contributed by atoms with E-state index in [0.29, 0.717) is 24.5 Å². The molecule has 0 bridgehead atoms. The van der Waals surface area contributed by atoms with Crippen molar-refractivity contribution in [2.24, 2.45) is 5.10 Å². The van der Waals surface area contributed by atoms with E-state index in [1.807, 2.05) is 6.92 Å². The van der Waals surface area contributed by atoms with E-state index < -0.39 is 0 Å². The smallest absolute Gasteiger partial charge is 0.242 e. The minimum Gasteiger partial charge on any atom is -0.504 e. The Morgan fingerprint density at radius 1 is 1.53 bits per heavy atom. The third kappa shape index (κ3) is 5.39. The molecule has 104 valence electrons. The number of nitrogens with zero attached hydrogens (tertiary/aromatic N) is 1. The number of ether oxygens (including phenoxy) is 2. The van der Waals surface area contributed by atoms with Gasteiger partial charge in [0.25, 0.3) is 0 Å². The van der Waals surface area contributed by atoms with Gasteiger partial charge in [-0.25, -0.2) is 5.43 Å². The largest absolute Gasteiger partial charge is 0.504 e. The molecule has 19 heavy (non-hydrogen) atoms. The highest BCUT2D eigenvalue weighted by Crippen LogP contribution is 2.25. The lowest BCUT2D eigenvalue weighted by atomic mass is 10.2. The fourth-order valence-corrected chi connectivity index (χ4v) is 1.33. The molecule has 0 aromatic heterocycles. The first-order chi connectivity index (χ1) is 9.17. The highest BCUT2D eigenvalue weighted by atomic mass is 16.5. The van der Waals surface area contributed by atoms with Crippen molar-refractivity contribution in [1.29, 1.82) is 0 Å². The predicted octanol–water partition coefficient (Wildman–Crippen LogP) is 1.28. The highest BCUT2D eigenvalue weighted by Gasteiger charge is 2.01. The van der Waals surface area contributed by atoms with Gasteiger partial charge in [0.1, 0.15) is 0 Å². The molecule has 0 radical (unpaired) electrons. The van der Waals surface area contributed by atoms with Crippen LogP contribution in [0, 0.1) is 0 Å². The minimum atomic E-state index is -0.220. The standard InChI is InChI=1S/C13H18N2O4/c1-3-19-7-6-13(17)15-14-9-10-4-5-12(18-2)11(16)8-10/h4-5,8-9,16H,3,6-7H2,1-2H3,(H,15,17)/b14-9+. The third-order valence-electron chi connectivity index (χ3n) is 2.28. The van der Waals surface area contributed by atoms with Gasteiger partial charge in [-0.1, -0.05) is 0 Å². The van der Waals surface area contributed by atoms with Gasteiger partial charge in [-0.15, -0.1) is 0 Å². The molecular formula is C13H18N2O4. The van der Waals surface area contributed by atoms with Gasteiger partial charge in [0.2, 0.25) is 5.91 Å².